The number of ether oxygens (including phenoxy) is 3. The van der Waals surface area contributed by atoms with Crippen molar-refractivity contribution in [2.75, 3.05) is 34.4 Å². The van der Waals surface area contributed by atoms with Gasteiger partial charge in [-0.05, 0) is 24.7 Å². The van der Waals surface area contributed by atoms with Crippen molar-refractivity contribution in [3.63, 3.8) is 0 Å². The van der Waals surface area contributed by atoms with E-state index in [1.54, 1.807) is 26.4 Å². The van der Waals surface area contributed by atoms with Crippen LogP contribution in [0.3, 0.4) is 0 Å². The Kier molecular flexibility index (Phi) is 6.52. The van der Waals surface area contributed by atoms with E-state index < -0.39 is 6.09 Å². The highest BCUT2D eigenvalue weighted by atomic mass is 16.5. The molecule has 106 valence electrons. The van der Waals surface area contributed by atoms with E-state index >= 15 is 0 Å². The molecule has 0 fully saturated rings. The molecule has 6 nitrogen and oxygen atoms in total. The Labute approximate surface area is 113 Å². The number of carbonyl (C=O) groups excluding carboxylic acids is 1. The minimum absolute atomic E-state index is 0.186. The maximum absolute atomic E-state index is 11.4. The number of methoxy groups -OCH3 is 2. The molecule has 0 spiro atoms. The van der Waals surface area contributed by atoms with E-state index in [1.807, 2.05) is 13.1 Å². The summed E-state index contributed by atoms with van der Waals surface area (Å²) < 4.78 is 15.4. The summed E-state index contributed by atoms with van der Waals surface area (Å²) >= 11 is 0. The summed E-state index contributed by atoms with van der Waals surface area (Å²) in [6, 6.07) is 5.37. The molecule has 0 aliphatic carbocycles. The molecule has 0 aliphatic rings. The normalized spacial score (nSPS) is 9.84. The summed E-state index contributed by atoms with van der Waals surface area (Å²) in [5, 5.41) is 5.55. The number of hydrogen-bond donors (Lipinski definition) is 2. The first-order valence-electron chi connectivity index (χ1n) is 5.97. The largest absolute Gasteiger partial charge is 0.493 e. The monoisotopic (exact) mass is 268 g/mol. The molecule has 0 bridgehead atoms. The lowest BCUT2D eigenvalue weighted by molar-refractivity contribution is 0.139. The molecule has 2 N–H and O–H groups in total. The third-order valence-electron chi connectivity index (χ3n) is 2.46. The van der Waals surface area contributed by atoms with E-state index in [1.165, 1.54) is 0 Å². The second-order valence-electron chi connectivity index (χ2n) is 3.80. The second kappa shape index (κ2) is 8.20. The van der Waals surface area contributed by atoms with Gasteiger partial charge < -0.3 is 24.8 Å². The first kappa shape index (κ1) is 15.1. The van der Waals surface area contributed by atoms with Gasteiger partial charge in [-0.15, -0.1) is 0 Å². The third kappa shape index (κ3) is 5.05. The lowest BCUT2D eigenvalue weighted by atomic mass is 10.2. The van der Waals surface area contributed by atoms with Crippen molar-refractivity contribution in [3.05, 3.63) is 23.8 Å². The molecule has 6 heteroatoms. The number of carbonyl (C=O) groups is 1. The zero-order valence-corrected chi connectivity index (χ0v) is 11.5. The molecule has 0 radical (unpaired) electrons. The van der Waals surface area contributed by atoms with Gasteiger partial charge in [0.15, 0.2) is 11.5 Å². The van der Waals surface area contributed by atoms with E-state index in [0.717, 1.165) is 5.56 Å². The van der Waals surface area contributed by atoms with Crippen molar-refractivity contribution in [2.24, 2.45) is 0 Å². The fourth-order valence-corrected chi connectivity index (χ4v) is 1.46. The van der Waals surface area contributed by atoms with Crippen molar-refractivity contribution in [1.82, 2.24) is 10.6 Å². The van der Waals surface area contributed by atoms with Gasteiger partial charge in [-0.1, -0.05) is 6.07 Å². The number of rotatable bonds is 7. The molecule has 1 amide bonds. The molecule has 0 saturated heterocycles. The van der Waals surface area contributed by atoms with Gasteiger partial charge in [0.05, 0.1) is 14.2 Å². The zero-order chi connectivity index (χ0) is 14.1. The van der Waals surface area contributed by atoms with E-state index in [-0.39, 0.29) is 6.61 Å². The Bertz CT molecular complexity index is 410. The smallest absolute Gasteiger partial charge is 0.407 e. The summed E-state index contributed by atoms with van der Waals surface area (Å²) in [7, 11) is 4.95. The van der Waals surface area contributed by atoms with Crippen LogP contribution in [0.15, 0.2) is 18.2 Å². The topological polar surface area (TPSA) is 68.8 Å². The summed E-state index contributed by atoms with van der Waals surface area (Å²) in [6.45, 7) is 1.42. The van der Waals surface area contributed by atoms with Crippen LogP contribution < -0.4 is 20.1 Å². The van der Waals surface area contributed by atoms with Gasteiger partial charge in [0.2, 0.25) is 0 Å². The van der Waals surface area contributed by atoms with Gasteiger partial charge in [-0.2, -0.15) is 0 Å². The van der Waals surface area contributed by atoms with Gasteiger partial charge in [-0.3, -0.25) is 0 Å². The number of nitrogens with one attached hydrogen (secondary N) is 2. The van der Waals surface area contributed by atoms with Crippen LogP contribution in [-0.4, -0.2) is 40.5 Å². The molecule has 0 aliphatic heterocycles. The average Bonchev–Trinajstić information content (AvgIpc) is 2.45. The van der Waals surface area contributed by atoms with E-state index in [4.69, 9.17) is 14.2 Å². The molecule has 0 heterocycles. The standard InChI is InChI=1S/C13H20N2O4/c1-14-6-7-15-13(16)19-9-10-4-5-11(17-2)12(8-10)18-3/h4-5,8,14H,6-7,9H2,1-3H3,(H,15,16). The molecule has 19 heavy (non-hydrogen) atoms. The fourth-order valence-electron chi connectivity index (χ4n) is 1.46. The molecule has 1 aromatic rings. The van der Waals surface area contributed by atoms with E-state index in [9.17, 15) is 4.79 Å². The van der Waals surface area contributed by atoms with Crippen LogP contribution in [0, 0.1) is 0 Å². The van der Waals surface area contributed by atoms with Crippen LogP contribution in [-0.2, 0) is 11.3 Å². The maximum Gasteiger partial charge on any atom is 0.407 e. The SMILES string of the molecule is CNCCNC(=O)OCc1ccc(OC)c(OC)c1. The summed E-state index contributed by atoms with van der Waals surface area (Å²) in [6.07, 6.45) is -0.440. The first-order valence-corrected chi connectivity index (χ1v) is 5.97. The molecule has 0 atom stereocenters. The van der Waals surface area contributed by atoms with E-state index in [2.05, 4.69) is 10.6 Å². The number of hydrogen-bond acceptors (Lipinski definition) is 5. The Morgan fingerprint density at radius 2 is 1.89 bits per heavy atom. The molecule has 0 saturated carbocycles. The van der Waals surface area contributed by atoms with Crippen LogP contribution >= 0.6 is 0 Å². The van der Waals surface area contributed by atoms with Crippen LogP contribution in [0.25, 0.3) is 0 Å². The van der Waals surface area contributed by atoms with Crippen molar-refractivity contribution in [3.8, 4) is 11.5 Å². The highest BCUT2D eigenvalue weighted by molar-refractivity contribution is 5.67. The van der Waals surface area contributed by atoms with Gasteiger partial charge in [-0.25, -0.2) is 4.79 Å². The summed E-state index contributed by atoms with van der Waals surface area (Å²) in [4.78, 5) is 11.4. The third-order valence-corrected chi connectivity index (χ3v) is 2.46. The van der Waals surface area contributed by atoms with Crippen LogP contribution in [0.4, 0.5) is 4.79 Å². The molecule has 1 rings (SSSR count). The molecule has 0 unspecified atom stereocenters. The van der Waals surface area contributed by atoms with Crippen molar-refractivity contribution in [1.29, 1.82) is 0 Å². The van der Waals surface area contributed by atoms with Gasteiger partial charge in [0.25, 0.3) is 0 Å². The fraction of sp³-hybridized carbons (Fsp3) is 0.462. The minimum atomic E-state index is -0.440. The first-order chi connectivity index (χ1) is 9.21. The quantitative estimate of drug-likeness (QED) is 0.726. The van der Waals surface area contributed by atoms with Crippen molar-refractivity contribution >= 4 is 6.09 Å². The Hall–Kier alpha value is -1.95. The second-order valence-corrected chi connectivity index (χ2v) is 3.80. The van der Waals surface area contributed by atoms with Crippen LogP contribution in [0.1, 0.15) is 5.56 Å². The lowest BCUT2D eigenvalue weighted by Crippen LogP contribution is -2.30. The van der Waals surface area contributed by atoms with Gasteiger partial charge >= 0.3 is 6.09 Å². The lowest BCUT2D eigenvalue weighted by Gasteiger charge is -2.10. The average molecular weight is 268 g/mol. The number of benzene rings is 1. The van der Waals surface area contributed by atoms with Crippen molar-refractivity contribution in [2.45, 2.75) is 6.61 Å². The molecule has 1 aromatic carbocycles. The molecular formula is C13H20N2O4. The highest BCUT2D eigenvalue weighted by Crippen LogP contribution is 2.27. The van der Waals surface area contributed by atoms with Gasteiger partial charge in [0.1, 0.15) is 6.61 Å². The van der Waals surface area contributed by atoms with E-state index in [0.29, 0.717) is 24.6 Å². The number of alkyl carbamates (subject to hydrolysis) is 1. The zero-order valence-electron chi connectivity index (χ0n) is 11.5. The predicted octanol–water partition coefficient (Wildman–Crippen LogP) is 1.15. The van der Waals surface area contributed by atoms with Crippen LogP contribution in [0.2, 0.25) is 0 Å². The molecule has 0 aromatic heterocycles. The molecular weight excluding hydrogens is 248 g/mol. The van der Waals surface area contributed by atoms with Crippen molar-refractivity contribution < 1.29 is 19.0 Å². The minimum Gasteiger partial charge on any atom is -0.493 e. The Balaban J connectivity index is 2.47. The summed E-state index contributed by atoms with van der Waals surface area (Å²) in [5.74, 6) is 1.25. The van der Waals surface area contributed by atoms with Crippen LogP contribution in [0.5, 0.6) is 11.5 Å². The summed E-state index contributed by atoms with van der Waals surface area (Å²) in [5.41, 5.74) is 0.835. The maximum atomic E-state index is 11.4. The Morgan fingerprint density at radius 1 is 1.16 bits per heavy atom. The predicted molar refractivity (Wildman–Crippen MR) is 71.7 cm³/mol. The Morgan fingerprint density at radius 3 is 2.53 bits per heavy atom. The number of likely N-dealkylation sites (N-methyl/N-ethyl adjacent to an activating group) is 1. The van der Waals surface area contributed by atoms with Gasteiger partial charge in [0, 0.05) is 13.1 Å². The number of amides is 1. The highest BCUT2D eigenvalue weighted by Gasteiger charge is 2.06.